The van der Waals surface area contributed by atoms with Crippen LogP contribution in [-0.4, -0.2) is 29.8 Å². The highest BCUT2D eigenvalue weighted by Crippen LogP contribution is 2.31. The number of benzene rings is 2. The van der Waals surface area contributed by atoms with E-state index in [2.05, 4.69) is 10.6 Å². The highest BCUT2D eigenvalue weighted by Gasteiger charge is 2.23. The number of hydrogen-bond acceptors (Lipinski definition) is 5. The molecule has 0 aliphatic carbocycles. The zero-order valence-corrected chi connectivity index (χ0v) is 17.9. The van der Waals surface area contributed by atoms with Crippen molar-refractivity contribution in [1.29, 1.82) is 0 Å². The first-order chi connectivity index (χ1) is 14.9. The van der Waals surface area contributed by atoms with E-state index in [-0.39, 0.29) is 35.5 Å². The predicted molar refractivity (Wildman–Crippen MR) is 120 cm³/mol. The Morgan fingerprint density at radius 2 is 1.90 bits per heavy atom. The molecule has 1 aliphatic rings. The normalized spacial score (nSPS) is 14.2. The summed E-state index contributed by atoms with van der Waals surface area (Å²) < 4.78 is 0. The van der Waals surface area contributed by atoms with Crippen molar-refractivity contribution in [3.05, 3.63) is 63.7 Å². The molecule has 0 aromatic heterocycles. The summed E-state index contributed by atoms with van der Waals surface area (Å²) in [5.74, 6) is -0.512. The second-order valence-electron chi connectivity index (χ2n) is 7.84. The van der Waals surface area contributed by atoms with Gasteiger partial charge in [-0.3, -0.25) is 19.7 Å². The molecule has 2 aromatic rings. The highest BCUT2D eigenvalue weighted by atomic mass is 16.6. The van der Waals surface area contributed by atoms with E-state index in [4.69, 9.17) is 0 Å². The van der Waals surface area contributed by atoms with Gasteiger partial charge in [0.25, 0.3) is 11.6 Å². The van der Waals surface area contributed by atoms with Gasteiger partial charge < -0.3 is 15.5 Å². The van der Waals surface area contributed by atoms with E-state index in [1.165, 1.54) is 6.07 Å². The predicted octanol–water partition coefficient (Wildman–Crippen LogP) is 4.11. The van der Waals surface area contributed by atoms with E-state index in [9.17, 15) is 19.7 Å². The molecule has 1 fully saturated rings. The monoisotopic (exact) mass is 424 g/mol. The molecular weight excluding hydrogens is 396 g/mol. The third-order valence-corrected chi connectivity index (χ3v) is 5.59. The molecule has 0 bridgehead atoms. The van der Waals surface area contributed by atoms with E-state index in [0.29, 0.717) is 11.4 Å². The van der Waals surface area contributed by atoms with Crippen LogP contribution in [0.3, 0.4) is 0 Å². The van der Waals surface area contributed by atoms with Gasteiger partial charge in [-0.05, 0) is 49.1 Å². The van der Waals surface area contributed by atoms with Gasteiger partial charge in [-0.2, -0.15) is 0 Å². The molecule has 31 heavy (non-hydrogen) atoms. The van der Waals surface area contributed by atoms with Crippen LogP contribution in [-0.2, 0) is 11.3 Å². The molecule has 2 aromatic carbocycles. The molecule has 164 valence electrons. The fraction of sp³-hybridized carbons (Fsp3) is 0.391. The molecule has 0 saturated carbocycles. The maximum Gasteiger partial charge on any atom is 0.293 e. The quantitative estimate of drug-likeness (QED) is 0.490. The number of nitrogens with one attached hydrogen (secondary N) is 2. The maximum atomic E-state index is 12.6. The Bertz CT molecular complexity index is 970. The summed E-state index contributed by atoms with van der Waals surface area (Å²) in [7, 11) is 0. The fourth-order valence-electron chi connectivity index (χ4n) is 3.53. The second-order valence-corrected chi connectivity index (χ2v) is 7.84. The van der Waals surface area contributed by atoms with Gasteiger partial charge in [-0.1, -0.05) is 26.0 Å². The Labute approximate surface area is 181 Å². The van der Waals surface area contributed by atoms with Crippen molar-refractivity contribution < 1.29 is 14.5 Å². The summed E-state index contributed by atoms with van der Waals surface area (Å²) in [6.45, 7) is 5.64. The third-order valence-electron chi connectivity index (χ3n) is 5.59. The van der Waals surface area contributed by atoms with Crippen LogP contribution in [0.1, 0.15) is 49.0 Å². The minimum atomic E-state index is -0.437. The minimum Gasteiger partial charge on any atom is -0.366 e. The third kappa shape index (κ3) is 5.59. The topological polar surface area (TPSA) is 105 Å². The van der Waals surface area contributed by atoms with Crippen LogP contribution in [0, 0.1) is 16.0 Å². The molecule has 1 unspecified atom stereocenters. The minimum absolute atomic E-state index is 0.0471. The molecule has 2 N–H and O–H groups in total. The van der Waals surface area contributed by atoms with Crippen LogP contribution in [0.15, 0.2) is 42.5 Å². The Hall–Kier alpha value is -3.42. The Morgan fingerprint density at radius 3 is 2.58 bits per heavy atom. The van der Waals surface area contributed by atoms with Gasteiger partial charge in [0.2, 0.25) is 5.91 Å². The lowest BCUT2D eigenvalue weighted by molar-refractivity contribution is -0.384. The SMILES string of the molecule is CCC(C)C(=O)Nc1cccc(CNC(=O)c2ccc(N3CCCC3)c([N+](=O)[O-])c2)c1. The van der Waals surface area contributed by atoms with Crippen LogP contribution in [0.2, 0.25) is 0 Å². The summed E-state index contributed by atoms with van der Waals surface area (Å²) in [6, 6.07) is 11.9. The Morgan fingerprint density at radius 1 is 1.16 bits per heavy atom. The van der Waals surface area contributed by atoms with Gasteiger partial charge in [0, 0.05) is 42.9 Å². The fourth-order valence-corrected chi connectivity index (χ4v) is 3.53. The van der Waals surface area contributed by atoms with Crippen molar-refractivity contribution in [2.45, 2.75) is 39.7 Å². The van der Waals surface area contributed by atoms with E-state index in [1.807, 2.05) is 30.9 Å². The lowest BCUT2D eigenvalue weighted by Crippen LogP contribution is -2.24. The highest BCUT2D eigenvalue weighted by molar-refractivity contribution is 5.96. The second kappa shape index (κ2) is 10.1. The number of anilines is 2. The van der Waals surface area contributed by atoms with Crippen molar-refractivity contribution in [3.63, 3.8) is 0 Å². The van der Waals surface area contributed by atoms with Gasteiger partial charge in [-0.15, -0.1) is 0 Å². The molecule has 1 heterocycles. The summed E-state index contributed by atoms with van der Waals surface area (Å²) in [4.78, 5) is 37.8. The first-order valence-corrected chi connectivity index (χ1v) is 10.6. The maximum absolute atomic E-state index is 12.6. The van der Waals surface area contributed by atoms with Gasteiger partial charge in [0.15, 0.2) is 0 Å². The lowest BCUT2D eigenvalue weighted by Gasteiger charge is -2.17. The van der Waals surface area contributed by atoms with Crippen LogP contribution in [0.4, 0.5) is 17.1 Å². The first-order valence-electron chi connectivity index (χ1n) is 10.6. The van der Waals surface area contributed by atoms with E-state index in [1.54, 1.807) is 24.3 Å². The molecule has 8 heteroatoms. The van der Waals surface area contributed by atoms with Crippen LogP contribution in [0.5, 0.6) is 0 Å². The molecule has 1 aliphatic heterocycles. The number of carbonyl (C=O) groups is 2. The summed E-state index contributed by atoms with van der Waals surface area (Å²) in [5.41, 5.74) is 2.24. The zero-order chi connectivity index (χ0) is 22.4. The molecule has 3 rings (SSSR count). The van der Waals surface area contributed by atoms with Crippen molar-refractivity contribution in [3.8, 4) is 0 Å². The van der Waals surface area contributed by atoms with E-state index in [0.717, 1.165) is 37.9 Å². The number of carbonyl (C=O) groups excluding carboxylic acids is 2. The number of rotatable bonds is 8. The zero-order valence-electron chi connectivity index (χ0n) is 17.9. The smallest absolute Gasteiger partial charge is 0.293 e. The number of amides is 2. The largest absolute Gasteiger partial charge is 0.366 e. The van der Waals surface area contributed by atoms with Crippen LogP contribution in [0.25, 0.3) is 0 Å². The number of nitrogens with zero attached hydrogens (tertiary/aromatic N) is 2. The van der Waals surface area contributed by atoms with Crippen LogP contribution >= 0.6 is 0 Å². The summed E-state index contributed by atoms with van der Waals surface area (Å²) in [5, 5.41) is 17.2. The van der Waals surface area contributed by atoms with Crippen molar-refractivity contribution in [1.82, 2.24) is 5.32 Å². The number of nitro benzene ring substituents is 1. The standard InChI is InChI=1S/C23H28N4O4/c1-3-16(2)22(28)25-19-8-6-7-17(13-19)15-24-23(29)18-9-10-20(21(14-18)27(30)31)26-11-4-5-12-26/h6-10,13-14,16H,3-5,11-12,15H2,1-2H3,(H,24,29)(H,25,28). The molecule has 1 saturated heterocycles. The molecule has 8 nitrogen and oxygen atoms in total. The summed E-state index contributed by atoms with van der Waals surface area (Å²) in [6.07, 6.45) is 2.77. The molecule has 0 radical (unpaired) electrons. The van der Waals surface area contributed by atoms with Gasteiger partial charge >= 0.3 is 0 Å². The van der Waals surface area contributed by atoms with Crippen LogP contribution < -0.4 is 15.5 Å². The van der Waals surface area contributed by atoms with E-state index >= 15 is 0 Å². The Balaban J connectivity index is 1.67. The summed E-state index contributed by atoms with van der Waals surface area (Å²) >= 11 is 0. The van der Waals surface area contributed by atoms with Gasteiger partial charge in [0.05, 0.1) is 4.92 Å². The molecule has 0 spiro atoms. The first kappa shape index (κ1) is 22.3. The number of nitro groups is 1. The lowest BCUT2D eigenvalue weighted by atomic mass is 10.1. The van der Waals surface area contributed by atoms with Crippen molar-refractivity contribution >= 4 is 28.9 Å². The van der Waals surface area contributed by atoms with Crippen molar-refractivity contribution in [2.75, 3.05) is 23.3 Å². The average Bonchev–Trinajstić information content (AvgIpc) is 3.31. The Kier molecular flexibility index (Phi) is 7.23. The molecule has 1 atom stereocenters. The molecular formula is C23H28N4O4. The van der Waals surface area contributed by atoms with Gasteiger partial charge in [-0.25, -0.2) is 0 Å². The van der Waals surface area contributed by atoms with Gasteiger partial charge in [0.1, 0.15) is 5.69 Å². The number of hydrogen-bond donors (Lipinski definition) is 2. The van der Waals surface area contributed by atoms with E-state index < -0.39 is 4.92 Å². The molecule has 2 amide bonds. The average molecular weight is 425 g/mol. The van der Waals surface area contributed by atoms with Crippen molar-refractivity contribution in [2.24, 2.45) is 5.92 Å².